The SMILES string of the molecule is CC=C(c1ccccc1)c1cc(C(=O)c2ccccc2)cc(-n2c3cc(-c4ccc(-c5cccc6ccccc56)s4)ccc3c3ccc(-c4ccc(-c5cccc6ccccc56)s4)cc32)c1. The second kappa shape index (κ2) is 16.6. The van der Waals surface area contributed by atoms with Crippen LogP contribution in [0.15, 0.2) is 231 Å². The third-order valence-electron chi connectivity index (χ3n) is 12.8. The van der Waals surface area contributed by atoms with E-state index in [1.54, 1.807) is 0 Å². The minimum atomic E-state index is -0.0107. The lowest BCUT2D eigenvalue weighted by Gasteiger charge is -2.16. The standard InChI is InChI=1S/C62H41NOS2/c1-2-49(40-15-5-3-6-16-40)46-35-47(62(64)43-19-7-4-8-20-43)37-48(36-46)63-56-38-44(58-31-33-60(65-58)54-25-13-21-41-17-9-11-23-50(41)54)27-29-52(56)53-30-28-45(39-57(53)63)59-32-34-61(66-59)55-26-14-22-42-18-10-12-24-51(42)55/h2-39H,1H3. The predicted octanol–water partition coefficient (Wildman–Crippen LogP) is 17.6. The van der Waals surface area contributed by atoms with Crippen LogP contribution < -0.4 is 0 Å². The summed E-state index contributed by atoms with van der Waals surface area (Å²) in [6.45, 7) is 2.08. The number of aromatic nitrogens is 1. The van der Waals surface area contributed by atoms with E-state index in [0.717, 1.165) is 55.3 Å². The first-order valence-corrected chi connectivity index (χ1v) is 23.9. The summed E-state index contributed by atoms with van der Waals surface area (Å²) < 4.78 is 2.39. The van der Waals surface area contributed by atoms with Gasteiger partial charge >= 0.3 is 0 Å². The number of hydrogen-bond acceptors (Lipinski definition) is 3. The molecule has 0 N–H and O–H groups in total. The van der Waals surface area contributed by atoms with Crippen molar-refractivity contribution in [2.45, 2.75) is 6.92 Å². The zero-order valence-electron chi connectivity index (χ0n) is 36.1. The van der Waals surface area contributed by atoms with Crippen molar-refractivity contribution in [1.82, 2.24) is 4.57 Å². The molecule has 0 radical (unpaired) electrons. The van der Waals surface area contributed by atoms with Gasteiger partial charge in [0, 0.05) is 47.1 Å². The van der Waals surface area contributed by atoms with Crippen LogP contribution in [0, 0.1) is 0 Å². The largest absolute Gasteiger partial charge is 0.309 e. The maximum Gasteiger partial charge on any atom is 0.193 e. The van der Waals surface area contributed by atoms with Gasteiger partial charge in [0.1, 0.15) is 0 Å². The first kappa shape index (κ1) is 39.7. The maximum atomic E-state index is 14.5. The van der Waals surface area contributed by atoms with Gasteiger partial charge in [0.15, 0.2) is 5.78 Å². The van der Waals surface area contributed by atoms with Crippen molar-refractivity contribution in [3.63, 3.8) is 0 Å². The van der Waals surface area contributed by atoms with Crippen molar-refractivity contribution in [1.29, 1.82) is 0 Å². The summed E-state index contributed by atoms with van der Waals surface area (Å²) in [6.07, 6.45) is 2.15. The average Bonchev–Trinajstić information content (AvgIpc) is 4.15. The molecule has 0 amide bonds. The van der Waals surface area contributed by atoms with E-state index in [-0.39, 0.29) is 5.78 Å². The fourth-order valence-corrected chi connectivity index (χ4v) is 11.7. The van der Waals surface area contributed by atoms with Crippen LogP contribution in [-0.4, -0.2) is 10.4 Å². The zero-order valence-corrected chi connectivity index (χ0v) is 37.7. The van der Waals surface area contributed by atoms with Crippen molar-refractivity contribution in [3.8, 4) is 47.4 Å². The van der Waals surface area contributed by atoms with Crippen LogP contribution in [-0.2, 0) is 0 Å². The van der Waals surface area contributed by atoms with E-state index >= 15 is 0 Å². The molecule has 0 fully saturated rings. The van der Waals surface area contributed by atoms with E-state index < -0.39 is 0 Å². The minimum Gasteiger partial charge on any atom is -0.309 e. The van der Waals surface area contributed by atoms with Crippen molar-refractivity contribution < 1.29 is 4.79 Å². The van der Waals surface area contributed by atoms with Crippen molar-refractivity contribution in [2.24, 2.45) is 0 Å². The van der Waals surface area contributed by atoms with E-state index in [0.29, 0.717) is 11.1 Å². The second-order valence-corrected chi connectivity index (χ2v) is 18.9. The van der Waals surface area contributed by atoms with Gasteiger partial charge in [-0.25, -0.2) is 0 Å². The first-order valence-electron chi connectivity index (χ1n) is 22.3. The van der Waals surface area contributed by atoms with Gasteiger partial charge in [0.25, 0.3) is 0 Å². The molecule has 3 aromatic heterocycles. The molecule has 0 aliphatic carbocycles. The molecule has 2 nitrogen and oxygen atoms in total. The van der Waals surface area contributed by atoms with Crippen LogP contribution in [0.3, 0.4) is 0 Å². The summed E-state index contributed by atoms with van der Waals surface area (Å²) in [5.74, 6) is -0.0107. The van der Waals surface area contributed by atoms with Gasteiger partial charge in [-0.05, 0) is 122 Å². The molecular formula is C62H41NOS2. The molecule has 12 aromatic rings. The normalized spacial score (nSPS) is 11.9. The molecule has 312 valence electrons. The van der Waals surface area contributed by atoms with Crippen molar-refractivity contribution in [2.75, 3.05) is 0 Å². The van der Waals surface area contributed by atoms with Crippen LogP contribution in [0.4, 0.5) is 0 Å². The Morgan fingerprint density at radius 2 is 0.864 bits per heavy atom. The Labute approximate surface area is 391 Å². The van der Waals surface area contributed by atoms with Gasteiger partial charge in [-0.15, -0.1) is 22.7 Å². The summed E-state index contributed by atoms with van der Waals surface area (Å²) in [4.78, 5) is 19.4. The molecule has 0 saturated heterocycles. The topological polar surface area (TPSA) is 22.0 Å². The Morgan fingerprint density at radius 1 is 0.394 bits per heavy atom. The Hall–Kier alpha value is -7.89. The highest BCUT2D eigenvalue weighted by molar-refractivity contribution is 7.19. The summed E-state index contributed by atoms with van der Waals surface area (Å²) in [5.41, 5.74) is 12.3. The van der Waals surface area contributed by atoms with Gasteiger partial charge in [0.2, 0.25) is 0 Å². The molecule has 9 aromatic carbocycles. The Bertz CT molecular complexity index is 3660. The molecule has 0 saturated carbocycles. The van der Waals surface area contributed by atoms with Gasteiger partial charge in [0.05, 0.1) is 11.0 Å². The van der Waals surface area contributed by atoms with E-state index in [1.807, 2.05) is 59.1 Å². The molecule has 3 heterocycles. The Balaban J connectivity index is 1.07. The van der Waals surface area contributed by atoms with Crippen LogP contribution in [0.25, 0.3) is 96.4 Å². The lowest BCUT2D eigenvalue weighted by atomic mass is 9.93. The highest BCUT2D eigenvalue weighted by Gasteiger charge is 2.20. The predicted molar refractivity (Wildman–Crippen MR) is 282 cm³/mol. The number of nitrogens with zero attached hydrogens (tertiary/aromatic N) is 1. The van der Waals surface area contributed by atoms with Crippen molar-refractivity contribution >= 4 is 77.4 Å². The van der Waals surface area contributed by atoms with Crippen LogP contribution in [0.2, 0.25) is 0 Å². The lowest BCUT2D eigenvalue weighted by Crippen LogP contribution is -2.05. The highest BCUT2D eigenvalue weighted by atomic mass is 32.1. The fourth-order valence-electron chi connectivity index (χ4n) is 9.66. The monoisotopic (exact) mass is 879 g/mol. The summed E-state index contributed by atoms with van der Waals surface area (Å²) in [7, 11) is 0. The fraction of sp³-hybridized carbons (Fsp3) is 0.0161. The number of ketones is 1. The molecule has 0 spiro atoms. The molecule has 66 heavy (non-hydrogen) atoms. The van der Waals surface area contributed by atoms with E-state index in [2.05, 4.69) is 206 Å². The number of rotatable bonds is 9. The Morgan fingerprint density at radius 3 is 1.41 bits per heavy atom. The first-order chi connectivity index (χ1) is 32.6. The second-order valence-electron chi connectivity index (χ2n) is 16.7. The van der Waals surface area contributed by atoms with Gasteiger partial charge < -0.3 is 4.57 Å². The van der Waals surface area contributed by atoms with E-state index in [9.17, 15) is 4.79 Å². The smallest absolute Gasteiger partial charge is 0.193 e. The molecule has 4 heteroatoms. The number of fused-ring (bicyclic) bond motifs is 5. The maximum absolute atomic E-state index is 14.5. The molecule has 12 rings (SSSR count). The van der Waals surface area contributed by atoms with Gasteiger partial charge in [-0.2, -0.15) is 0 Å². The number of hydrogen-bond donors (Lipinski definition) is 0. The number of thiophene rings is 2. The van der Waals surface area contributed by atoms with Crippen molar-refractivity contribution in [3.05, 3.63) is 253 Å². The zero-order chi connectivity index (χ0) is 44.1. The third-order valence-corrected chi connectivity index (χ3v) is 15.2. The number of benzene rings is 9. The summed E-state index contributed by atoms with van der Waals surface area (Å²) >= 11 is 3.65. The molecule has 0 aliphatic heterocycles. The van der Waals surface area contributed by atoms with Crippen LogP contribution in [0.5, 0.6) is 0 Å². The van der Waals surface area contributed by atoms with Gasteiger partial charge in [-0.1, -0.05) is 176 Å². The molecule has 0 atom stereocenters. The number of allylic oxidation sites excluding steroid dienone is 1. The van der Waals surface area contributed by atoms with Crippen LogP contribution in [0.1, 0.15) is 34.0 Å². The Kier molecular flexibility index (Phi) is 9.97. The third kappa shape index (κ3) is 6.99. The number of carbonyl (C=O) groups excluding carboxylic acids is 1. The molecular weight excluding hydrogens is 839 g/mol. The molecule has 0 bridgehead atoms. The van der Waals surface area contributed by atoms with Crippen LogP contribution >= 0.6 is 22.7 Å². The summed E-state index contributed by atoms with van der Waals surface area (Å²) in [5, 5.41) is 7.30. The highest BCUT2D eigenvalue weighted by Crippen LogP contribution is 2.44. The average molecular weight is 880 g/mol. The lowest BCUT2D eigenvalue weighted by molar-refractivity contribution is 0.103. The summed E-state index contributed by atoms with van der Waals surface area (Å²) in [6, 6.07) is 79.7. The van der Waals surface area contributed by atoms with E-state index in [1.165, 1.54) is 52.2 Å². The van der Waals surface area contributed by atoms with E-state index in [4.69, 9.17) is 0 Å². The number of carbonyl (C=O) groups is 1. The molecule has 0 unspecified atom stereocenters. The quantitative estimate of drug-likeness (QED) is 0.132. The minimum absolute atomic E-state index is 0.0107. The molecule has 0 aliphatic rings. The van der Waals surface area contributed by atoms with Gasteiger partial charge in [-0.3, -0.25) is 4.79 Å².